The van der Waals surface area contributed by atoms with Crippen molar-refractivity contribution in [3.05, 3.63) is 54.1 Å². The molecule has 0 aromatic heterocycles. The molecule has 2 heterocycles. The zero-order chi connectivity index (χ0) is 18.6. The number of rotatable bonds is 3. The van der Waals surface area contributed by atoms with Crippen LogP contribution in [-0.2, 0) is 0 Å². The van der Waals surface area contributed by atoms with E-state index in [1.54, 1.807) is 0 Å². The molecule has 2 saturated heterocycles. The Kier molecular flexibility index (Phi) is 5.41. The van der Waals surface area contributed by atoms with Crippen molar-refractivity contribution in [2.45, 2.75) is 19.4 Å². The smallest absolute Gasteiger partial charge is 0.321 e. The Morgan fingerprint density at radius 3 is 2.63 bits per heavy atom. The number of nitrogens with zero attached hydrogens (tertiary/aromatic N) is 2. The van der Waals surface area contributed by atoms with E-state index >= 15 is 0 Å². The van der Waals surface area contributed by atoms with Gasteiger partial charge in [0, 0.05) is 44.5 Å². The van der Waals surface area contributed by atoms with Crippen LogP contribution >= 0.6 is 0 Å². The Morgan fingerprint density at radius 2 is 1.89 bits per heavy atom. The average Bonchev–Trinajstić information content (AvgIpc) is 3.23. The molecule has 2 aliphatic heterocycles. The van der Waals surface area contributed by atoms with Crippen LogP contribution in [0.25, 0.3) is 11.1 Å². The number of hydrogen-bond acceptors (Lipinski definition) is 3. The monoisotopic (exact) mass is 364 g/mol. The fourth-order valence-electron chi connectivity index (χ4n) is 4.11. The van der Waals surface area contributed by atoms with E-state index in [-0.39, 0.29) is 6.03 Å². The fourth-order valence-corrected chi connectivity index (χ4v) is 4.11. The Balaban J connectivity index is 1.37. The average molecular weight is 364 g/mol. The normalized spacial score (nSPS) is 20.6. The Labute approximate surface area is 161 Å². The van der Waals surface area contributed by atoms with Gasteiger partial charge in [0.05, 0.1) is 0 Å². The molecule has 0 unspecified atom stereocenters. The van der Waals surface area contributed by atoms with Gasteiger partial charge >= 0.3 is 6.03 Å². The molecule has 2 aromatic carbocycles. The van der Waals surface area contributed by atoms with Crippen molar-refractivity contribution in [1.29, 1.82) is 0 Å². The van der Waals surface area contributed by atoms with Gasteiger partial charge in [-0.15, -0.1) is 0 Å². The van der Waals surface area contributed by atoms with E-state index < -0.39 is 0 Å². The van der Waals surface area contributed by atoms with E-state index in [1.165, 1.54) is 17.5 Å². The molecule has 4 rings (SSSR count). The first-order valence-corrected chi connectivity index (χ1v) is 9.87. The molecule has 0 saturated carbocycles. The van der Waals surface area contributed by atoms with Crippen LogP contribution in [0.3, 0.4) is 0 Å². The fraction of sp³-hybridized carbons (Fsp3) is 0.409. The number of anilines is 1. The molecule has 1 atom stereocenters. The minimum Gasteiger partial charge on any atom is -0.322 e. The second-order valence-electron chi connectivity index (χ2n) is 7.50. The topological polar surface area (TPSA) is 47.6 Å². The predicted molar refractivity (Wildman–Crippen MR) is 110 cm³/mol. The molecule has 0 aliphatic carbocycles. The van der Waals surface area contributed by atoms with E-state index in [0.717, 1.165) is 50.5 Å². The van der Waals surface area contributed by atoms with Gasteiger partial charge in [-0.05, 0) is 48.7 Å². The summed E-state index contributed by atoms with van der Waals surface area (Å²) in [5.41, 5.74) is 4.42. The molecular weight excluding hydrogens is 336 g/mol. The highest BCUT2D eigenvalue weighted by Crippen LogP contribution is 2.25. The van der Waals surface area contributed by atoms with Crippen LogP contribution in [0.5, 0.6) is 0 Å². The number of nitrogens with one attached hydrogen (secondary N) is 2. The number of benzene rings is 2. The largest absolute Gasteiger partial charge is 0.322 e. The summed E-state index contributed by atoms with van der Waals surface area (Å²) < 4.78 is 0. The van der Waals surface area contributed by atoms with Gasteiger partial charge in [0.2, 0.25) is 0 Å². The second kappa shape index (κ2) is 8.11. The SMILES string of the molecule is Cc1ccccc1-c1cccc(NC(=O)N2CCN([C@@H]3CCNC3)CC2)c1. The lowest BCUT2D eigenvalue weighted by atomic mass is 10.0. The zero-order valence-corrected chi connectivity index (χ0v) is 15.9. The lowest BCUT2D eigenvalue weighted by molar-refractivity contribution is 0.119. The number of aryl methyl sites for hydroxylation is 1. The third-order valence-electron chi connectivity index (χ3n) is 5.72. The highest BCUT2D eigenvalue weighted by molar-refractivity contribution is 5.90. The van der Waals surface area contributed by atoms with Crippen molar-refractivity contribution in [2.75, 3.05) is 44.6 Å². The Hall–Kier alpha value is -2.37. The van der Waals surface area contributed by atoms with Gasteiger partial charge in [-0.25, -0.2) is 4.79 Å². The van der Waals surface area contributed by atoms with Crippen LogP contribution < -0.4 is 10.6 Å². The summed E-state index contributed by atoms with van der Waals surface area (Å²) in [7, 11) is 0. The standard InChI is InChI=1S/C22H28N4O/c1-17-5-2-3-8-21(17)18-6-4-7-19(15-18)24-22(27)26-13-11-25(12-14-26)20-9-10-23-16-20/h2-8,15,20,23H,9-14,16H2,1H3,(H,24,27)/t20-/m1/s1. The van der Waals surface area contributed by atoms with Gasteiger partial charge in [-0.3, -0.25) is 4.90 Å². The van der Waals surface area contributed by atoms with Gasteiger partial charge < -0.3 is 15.5 Å². The molecule has 2 amide bonds. The van der Waals surface area contributed by atoms with Crippen LogP contribution in [0.1, 0.15) is 12.0 Å². The first-order chi connectivity index (χ1) is 13.2. The first-order valence-electron chi connectivity index (χ1n) is 9.87. The van der Waals surface area contributed by atoms with Crippen molar-refractivity contribution in [2.24, 2.45) is 0 Å². The zero-order valence-electron chi connectivity index (χ0n) is 15.9. The molecule has 142 valence electrons. The van der Waals surface area contributed by atoms with Gasteiger partial charge in [0.25, 0.3) is 0 Å². The molecule has 2 aromatic rings. The van der Waals surface area contributed by atoms with Crippen LogP contribution in [0.2, 0.25) is 0 Å². The van der Waals surface area contributed by atoms with Crippen molar-refractivity contribution in [3.63, 3.8) is 0 Å². The summed E-state index contributed by atoms with van der Waals surface area (Å²) in [6.07, 6.45) is 1.22. The van der Waals surface area contributed by atoms with E-state index in [9.17, 15) is 4.79 Å². The molecule has 5 heteroatoms. The van der Waals surface area contributed by atoms with Crippen molar-refractivity contribution < 1.29 is 4.79 Å². The van der Waals surface area contributed by atoms with Crippen LogP contribution in [0.15, 0.2) is 48.5 Å². The molecular formula is C22H28N4O. The molecule has 2 N–H and O–H groups in total. The molecule has 2 aliphatic rings. The maximum atomic E-state index is 12.7. The van der Waals surface area contributed by atoms with Gasteiger partial charge in [-0.1, -0.05) is 36.4 Å². The van der Waals surface area contributed by atoms with Crippen LogP contribution in [-0.4, -0.2) is 61.1 Å². The molecule has 27 heavy (non-hydrogen) atoms. The second-order valence-corrected chi connectivity index (χ2v) is 7.50. The Bertz CT molecular complexity index is 792. The predicted octanol–water partition coefficient (Wildman–Crippen LogP) is 3.17. The maximum absolute atomic E-state index is 12.7. The Morgan fingerprint density at radius 1 is 1.07 bits per heavy atom. The van der Waals surface area contributed by atoms with Crippen molar-refractivity contribution >= 4 is 11.7 Å². The first kappa shape index (κ1) is 18.0. The van der Waals surface area contributed by atoms with E-state index in [4.69, 9.17) is 0 Å². The number of carbonyl (C=O) groups is 1. The number of amides is 2. The van der Waals surface area contributed by atoms with Crippen LogP contribution in [0, 0.1) is 6.92 Å². The summed E-state index contributed by atoms with van der Waals surface area (Å²) in [5, 5.41) is 6.51. The summed E-state index contributed by atoms with van der Waals surface area (Å²) >= 11 is 0. The lowest BCUT2D eigenvalue weighted by Gasteiger charge is -2.37. The molecule has 0 radical (unpaired) electrons. The number of piperazine rings is 1. The summed E-state index contributed by atoms with van der Waals surface area (Å²) in [5.74, 6) is 0. The van der Waals surface area contributed by atoms with E-state index in [1.807, 2.05) is 29.2 Å². The minimum absolute atomic E-state index is 0.00105. The summed E-state index contributed by atoms with van der Waals surface area (Å²) in [6.45, 7) is 7.81. The molecule has 0 spiro atoms. The minimum atomic E-state index is 0.00105. The van der Waals surface area contributed by atoms with E-state index in [2.05, 4.69) is 46.7 Å². The van der Waals surface area contributed by atoms with Crippen molar-refractivity contribution in [3.8, 4) is 11.1 Å². The summed E-state index contributed by atoms with van der Waals surface area (Å²) in [4.78, 5) is 17.1. The molecule has 5 nitrogen and oxygen atoms in total. The molecule has 2 fully saturated rings. The van der Waals surface area contributed by atoms with Crippen LogP contribution in [0.4, 0.5) is 10.5 Å². The maximum Gasteiger partial charge on any atom is 0.321 e. The quantitative estimate of drug-likeness (QED) is 0.879. The molecule has 0 bridgehead atoms. The highest BCUT2D eigenvalue weighted by Gasteiger charge is 2.27. The number of urea groups is 1. The van der Waals surface area contributed by atoms with Crippen molar-refractivity contribution in [1.82, 2.24) is 15.1 Å². The third kappa shape index (κ3) is 4.15. The highest BCUT2D eigenvalue weighted by atomic mass is 16.2. The number of carbonyl (C=O) groups excluding carboxylic acids is 1. The van der Waals surface area contributed by atoms with Gasteiger partial charge in [0.15, 0.2) is 0 Å². The third-order valence-corrected chi connectivity index (χ3v) is 5.72. The lowest BCUT2D eigenvalue weighted by Crippen LogP contribution is -2.53. The van der Waals surface area contributed by atoms with E-state index in [0.29, 0.717) is 6.04 Å². The number of hydrogen-bond donors (Lipinski definition) is 2. The van der Waals surface area contributed by atoms with Gasteiger partial charge in [0.1, 0.15) is 0 Å². The van der Waals surface area contributed by atoms with Gasteiger partial charge in [-0.2, -0.15) is 0 Å². The summed E-state index contributed by atoms with van der Waals surface area (Å²) in [6, 6.07) is 17.1.